The Kier molecular flexibility index (Phi) is 3.75. The van der Waals surface area contributed by atoms with Gasteiger partial charge in [-0.1, -0.05) is 15.9 Å². The lowest BCUT2D eigenvalue weighted by Gasteiger charge is -2.13. The van der Waals surface area contributed by atoms with Crippen molar-refractivity contribution < 1.29 is 4.74 Å². The first-order chi connectivity index (χ1) is 6.65. The minimum Gasteiger partial charge on any atom is -0.498 e. The van der Waals surface area contributed by atoms with Gasteiger partial charge in [-0.3, -0.25) is 0 Å². The molecule has 0 N–H and O–H groups in total. The number of methoxy groups -OCH3 is 1. The first kappa shape index (κ1) is 11.3. The highest BCUT2D eigenvalue weighted by Gasteiger charge is 2.12. The highest BCUT2D eigenvalue weighted by molar-refractivity contribution is 9.08. The molecule has 0 atom stereocenters. The van der Waals surface area contributed by atoms with E-state index >= 15 is 0 Å². The molecule has 3 nitrogen and oxygen atoms in total. The zero-order chi connectivity index (χ0) is 10.7. The molecule has 72 valence electrons. The summed E-state index contributed by atoms with van der Waals surface area (Å²) in [6, 6.07) is 1.75. The van der Waals surface area contributed by atoms with Crippen molar-refractivity contribution >= 4 is 48.2 Å². The molecule has 0 aliphatic carbocycles. The van der Waals surface area contributed by atoms with Gasteiger partial charge in [0.25, 0.3) is 0 Å². The van der Waals surface area contributed by atoms with Gasteiger partial charge < -0.3 is 4.74 Å². The summed E-state index contributed by atoms with van der Waals surface area (Å²) in [6.45, 7) is 0. The molecule has 0 amide bonds. The van der Waals surface area contributed by atoms with E-state index in [-0.39, 0.29) is 0 Å². The highest BCUT2D eigenvalue weighted by Crippen LogP contribution is 2.21. The van der Waals surface area contributed by atoms with Crippen molar-refractivity contribution in [2.45, 2.75) is 5.33 Å². The summed E-state index contributed by atoms with van der Waals surface area (Å²) >= 11 is 3.33. The number of alkyl halides is 1. The highest BCUT2D eigenvalue weighted by atomic mass is 79.9. The topological polar surface area (TPSA) is 38.7 Å². The lowest BCUT2D eigenvalue weighted by atomic mass is 9.82. The Morgan fingerprint density at radius 1 is 1.57 bits per heavy atom. The van der Waals surface area contributed by atoms with E-state index < -0.39 is 0 Å². The van der Waals surface area contributed by atoms with Crippen molar-refractivity contribution in [2.24, 2.45) is 5.18 Å². The van der Waals surface area contributed by atoms with Gasteiger partial charge in [0.1, 0.15) is 27.1 Å². The average Bonchev–Trinajstić information content (AvgIpc) is 2.17. The largest absolute Gasteiger partial charge is 0.498 e. The summed E-state index contributed by atoms with van der Waals surface area (Å²) in [4.78, 5) is 10.6. The van der Waals surface area contributed by atoms with Crippen molar-refractivity contribution in [2.75, 3.05) is 7.11 Å². The Labute approximate surface area is 93.1 Å². The third-order valence-electron chi connectivity index (χ3n) is 2.25. The van der Waals surface area contributed by atoms with Crippen LogP contribution in [0.25, 0.3) is 0 Å². The summed E-state index contributed by atoms with van der Waals surface area (Å²) in [7, 11) is 5.46. The molecule has 0 saturated carbocycles. The lowest BCUT2D eigenvalue weighted by Crippen LogP contribution is -2.22. The third-order valence-corrected chi connectivity index (χ3v) is 2.81. The number of benzene rings is 1. The molecule has 0 heterocycles. The number of ether oxygens (including phenoxy) is 1. The molecule has 0 radical (unpaired) electrons. The second-order valence-electron chi connectivity index (χ2n) is 3.07. The van der Waals surface area contributed by atoms with Crippen LogP contribution in [0, 0.1) is 4.91 Å². The molecule has 0 saturated heterocycles. The van der Waals surface area contributed by atoms with Crippen LogP contribution < -0.4 is 15.7 Å². The molecular formula is C8H10B2BrNO2. The van der Waals surface area contributed by atoms with E-state index in [1.807, 2.05) is 15.7 Å². The fraction of sp³-hybridized carbons (Fsp3) is 0.250. The van der Waals surface area contributed by atoms with Crippen molar-refractivity contribution in [3.05, 3.63) is 16.5 Å². The zero-order valence-corrected chi connectivity index (χ0v) is 10.0. The normalized spacial score (nSPS) is 9.86. The fourth-order valence-corrected chi connectivity index (χ4v) is 2.25. The molecule has 0 fully saturated rings. The maximum absolute atomic E-state index is 10.6. The average molecular weight is 254 g/mol. The Hall–Kier alpha value is -0.770. The quantitative estimate of drug-likeness (QED) is 0.414. The Morgan fingerprint density at radius 3 is 2.64 bits per heavy atom. The van der Waals surface area contributed by atoms with Gasteiger partial charge in [0.15, 0.2) is 0 Å². The molecule has 0 unspecified atom stereocenters. The molecule has 0 spiro atoms. The predicted octanol–water partition coefficient (Wildman–Crippen LogP) is -0.495. The number of halogens is 1. The summed E-state index contributed by atoms with van der Waals surface area (Å²) in [5, 5.41) is 3.61. The zero-order valence-electron chi connectivity index (χ0n) is 8.43. The van der Waals surface area contributed by atoms with Crippen molar-refractivity contribution in [1.82, 2.24) is 0 Å². The van der Waals surface area contributed by atoms with Gasteiger partial charge >= 0.3 is 0 Å². The first-order valence-corrected chi connectivity index (χ1v) is 5.34. The van der Waals surface area contributed by atoms with Gasteiger partial charge in [0.05, 0.1) is 7.11 Å². The second kappa shape index (κ2) is 4.64. The maximum Gasteiger partial charge on any atom is 0.144 e. The smallest absolute Gasteiger partial charge is 0.144 e. The van der Waals surface area contributed by atoms with Gasteiger partial charge in [-0.15, -0.1) is 4.91 Å². The molecule has 6 heteroatoms. The van der Waals surface area contributed by atoms with E-state index in [0.717, 1.165) is 22.2 Å². The van der Waals surface area contributed by atoms with Gasteiger partial charge in [-0.2, -0.15) is 0 Å². The number of hydrogen-bond acceptors (Lipinski definition) is 3. The molecule has 0 aliphatic rings. The number of nitrogens with zero attached hydrogens (tertiary/aromatic N) is 1. The van der Waals surface area contributed by atoms with Gasteiger partial charge in [-0.05, 0) is 27.7 Å². The number of nitroso groups, excluding NO2 is 1. The fourth-order valence-electron chi connectivity index (χ4n) is 1.55. The van der Waals surface area contributed by atoms with Crippen LogP contribution in [0.4, 0.5) is 5.69 Å². The molecule has 14 heavy (non-hydrogen) atoms. The number of rotatable bonds is 3. The second-order valence-corrected chi connectivity index (χ2v) is 3.64. The predicted molar refractivity (Wildman–Crippen MR) is 67.4 cm³/mol. The minimum absolute atomic E-state index is 0.484. The molecule has 1 rings (SSSR count). The molecule has 1 aromatic rings. The molecule has 0 bridgehead atoms. The van der Waals surface area contributed by atoms with E-state index in [1.165, 1.54) is 0 Å². The van der Waals surface area contributed by atoms with Crippen LogP contribution in [-0.2, 0) is 5.33 Å². The minimum atomic E-state index is 0.484. The third kappa shape index (κ3) is 1.85. The molecular weight excluding hydrogens is 244 g/mol. The van der Waals surface area contributed by atoms with Crippen LogP contribution in [0.3, 0.4) is 0 Å². The van der Waals surface area contributed by atoms with Crippen molar-refractivity contribution in [3.63, 3.8) is 0 Å². The van der Waals surface area contributed by atoms with Gasteiger partial charge in [0, 0.05) is 5.33 Å². The summed E-state index contributed by atoms with van der Waals surface area (Å²) in [5.74, 6) is 0.826. The monoisotopic (exact) mass is 253 g/mol. The standard InChI is InChI=1S/C8H10B2BrNO2/c1-14-8-5(9)2-6(12-13)4(3-11)7(8)10/h2H,3,9-10H2,1H3. The first-order valence-electron chi connectivity index (χ1n) is 4.22. The van der Waals surface area contributed by atoms with E-state index in [0.29, 0.717) is 11.0 Å². The Morgan fingerprint density at radius 2 is 2.21 bits per heavy atom. The van der Waals surface area contributed by atoms with Gasteiger partial charge in [0.2, 0.25) is 0 Å². The van der Waals surface area contributed by atoms with Crippen LogP contribution >= 0.6 is 15.9 Å². The van der Waals surface area contributed by atoms with E-state index in [2.05, 4.69) is 21.1 Å². The maximum atomic E-state index is 10.6. The van der Waals surface area contributed by atoms with Crippen molar-refractivity contribution in [3.8, 4) is 5.75 Å². The summed E-state index contributed by atoms with van der Waals surface area (Å²) in [5.41, 5.74) is 3.28. The van der Waals surface area contributed by atoms with Crippen molar-refractivity contribution in [1.29, 1.82) is 0 Å². The van der Waals surface area contributed by atoms with Crippen LogP contribution in [0.5, 0.6) is 5.75 Å². The van der Waals surface area contributed by atoms with Gasteiger partial charge in [-0.25, -0.2) is 0 Å². The molecule has 0 aromatic heterocycles. The van der Waals surface area contributed by atoms with Crippen LogP contribution in [-0.4, -0.2) is 22.8 Å². The van der Waals surface area contributed by atoms with E-state index in [4.69, 9.17) is 4.74 Å². The lowest BCUT2D eigenvalue weighted by molar-refractivity contribution is 0.421. The molecule has 1 aromatic carbocycles. The molecule has 0 aliphatic heterocycles. The van der Waals surface area contributed by atoms with Crippen LogP contribution in [0.15, 0.2) is 11.2 Å². The van der Waals surface area contributed by atoms with Crippen LogP contribution in [0.2, 0.25) is 0 Å². The Bertz CT molecular complexity index is 371. The summed E-state index contributed by atoms with van der Waals surface area (Å²) < 4.78 is 5.25. The van der Waals surface area contributed by atoms with E-state index in [1.54, 1.807) is 13.2 Å². The Balaban J connectivity index is 3.46. The summed E-state index contributed by atoms with van der Waals surface area (Å²) in [6.07, 6.45) is 0. The SMILES string of the molecule is Bc1cc(N=O)c(CBr)c(B)c1OC. The van der Waals surface area contributed by atoms with E-state index in [9.17, 15) is 4.91 Å². The van der Waals surface area contributed by atoms with Crippen LogP contribution in [0.1, 0.15) is 5.56 Å². The number of hydrogen-bond donors (Lipinski definition) is 0.